The second-order valence-corrected chi connectivity index (χ2v) is 7.64. The molecule has 2 heterocycles. The number of amides is 2. The fraction of sp³-hybridized carbons (Fsp3) is 0.0909. The molecule has 0 unspecified atom stereocenters. The van der Waals surface area contributed by atoms with Crippen molar-refractivity contribution in [2.24, 2.45) is 0 Å². The fourth-order valence-electron chi connectivity index (χ4n) is 3.25. The van der Waals surface area contributed by atoms with Crippen molar-refractivity contribution in [1.29, 1.82) is 0 Å². The molecule has 0 spiro atoms. The Kier molecular flexibility index (Phi) is 5.24. The SMILES string of the molecule is Cc1ccccc1-n1ncc(/C=C2\C(=O)NC(=S)N(c3ccc(Cl)cc3)C2=O)c1C. The Hall–Kier alpha value is -3.29. The summed E-state index contributed by atoms with van der Waals surface area (Å²) in [5.74, 6) is -1.05. The third-order valence-electron chi connectivity index (χ3n) is 4.88. The highest BCUT2D eigenvalue weighted by Crippen LogP contribution is 2.25. The predicted molar refractivity (Wildman–Crippen MR) is 121 cm³/mol. The number of aryl methyl sites for hydroxylation is 1. The van der Waals surface area contributed by atoms with Crippen LogP contribution in [0.3, 0.4) is 0 Å². The number of benzene rings is 2. The number of hydrogen-bond donors (Lipinski definition) is 1. The van der Waals surface area contributed by atoms with Crippen LogP contribution in [0.4, 0.5) is 5.69 Å². The van der Waals surface area contributed by atoms with Crippen LogP contribution in [0.15, 0.2) is 60.3 Å². The van der Waals surface area contributed by atoms with Crippen molar-refractivity contribution in [3.63, 3.8) is 0 Å². The van der Waals surface area contributed by atoms with Crippen LogP contribution in [0.25, 0.3) is 11.8 Å². The minimum Gasteiger partial charge on any atom is -0.298 e. The number of carbonyl (C=O) groups excluding carboxylic acids is 2. The standard InChI is InChI=1S/C22H17ClN4O2S/c1-13-5-3-4-6-19(13)27-14(2)15(12-24-27)11-18-20(28)25-22(30)26(21(18)29)17-9-7-16(23)8-10-17/h3-12H,1-2H3,(H,25,28,30)/b18-11+. The molecule has 2 aromatic carbocycles. The van der Waals surface area contributed by atoms with E-state index in [1.165, 1.54) is 4.90 Å². The Morgan fingerprint density at radius 1 is 1.07 bits per heavy atom. The monoisotopic (exact) mass is 436 g/mol. The number of nitrogens with one attached hydrogen (secondary N) is 1. The Morgan fingerprint density at radius 2 is 1.77 bits per heavy atom. The van der Waals surface area contributed by atoms with Gasteiger partial charge in [0.2, 0.25) is 0 Å². The number of aromatic nitrogens is 2. The lowest BCUT2D eigenvalue weighted by Crippen LogP contribution is -2.54. The normalized spacial score (nSPS) is 15.6. The smallest absolute Gasteiger partial charge is 0.270 e. The van der Waals surface area contributed by atoms with E-state index < -0.39 is 11.8 Å². The third kappa shape index (κ3) is 3.53. The van der Waals surface area contributed by atoms with E-state index in [0.717, 1.165) is 16.9 Å². The van der Waals surface area contributed by atoms with Gasteiger partial charge in [-0.25, -0.2) is 4.68 Å². The van der Waals surface area contributed by atoms with Gasteiger partial charge < -0.3 is 0 Å². The van der Waals surface area contributed by atoms with Crippen LogP contribution in [0.1, 0.15) is 16.8 Å². The third-order valence-corrected chi connectivity index (χ3v) is 5.41. The summed E-state index contributed by atoms with van der Waals surface area (Å²) in [7, 11) is 0. The molecule has 1 N–H and O–H groups in total. The fourth-order valence-corrected chi connectivity index (χ4v) is 3.65. The van der Waals surface area contributed by atoms with Gasteiger partial charge in [0.25, 0.3) is 11.8 Å². The minimum absolute atomic E-state index is 0.0222. The van der Waals surface area contributed by atoms with Gasteiger partial charge in [-0.1, -0.05) is 29.8 Å². The van der Waals surface area contributed by atoms with Crippen LogP contribution < -0.4 is 10.2 Å². The van der Waals surface area contributed by atoms with Crippen LogP contribution >= 0.6 is 23.8 Å². The highest BCUT2D eigenvalue weighted by molar-refractivity contribution is 7.80. The molecule has 3 aromatic rings. The van der Waals surface area contributed by atoms with E-state index in [2.05, 4.69) is 10.4 Å². The van der Waals surface area contributed by atoms with Crippen molar-refractivity contribution in [1.82, 2.24) is 15.1 Å². The number of nitrogens with zero attached hydrogens (tertiary/aromatic N) is 3. The molecule has 0 atom stereocenters. The van der Waals surface area contributed by atoms with Crippen LogP contribution in [-0.4, -0.2) is 26.7 Å². The van der Waals surface area contributed by atoms with Crippen LogP contribution in [-0.2, 0) is 9.59 Å². The quantitative estimate of drug-likeness (QED) is 0.383. The van der Waals surface area contributed by atoms with Crippen molar-refractivity contribution in [2.75, 3.05) is 4.90 Å². The topological polar surface area (TPSA) is 67.2 Å². The van der Waals surface area contributed by atoms with Crippen LogP contribution in [0.5, 0.6) is 0 Å². The van der Waals surface area contributed by atoms with Crippen molar-refractivity contribution in [3.8, 4) is 5.69 Å². The molecule has 1 aliphatic rings. The average Bonchev–Trinajstić information content (AvgIpc) is 3.07. The summed E-state index contributed by atoms with van der Waals surface area (Å²) in [5, 5.41) is 7.58. The van der Waals surface area contributed by atoms with E-state index in [4.69, 9.17) is 23.8 Å². The number of halogens is 1. The van der Waals surface area contributed by atoms with Gasteiger partial charge in [0, 0.05) is 16.3 Å². The Balaban J connectivity index is 1.73. The molecule has 0 bridgehead atoms. The number of carbonyl (C=O) groups is 2. The van der Waals surface area contributed by atoms with Gasteiger partial charge >= 0.3 is 0 Å². The van der Waals surface area contributed by atoms with Crippen molar-refractivity contribution >= 4 is 52.5 Å². The van der Waals surface area contributed by atoms with Gasteiger partial charge in [0.05, 0.1) is 17.6 Å². The molecule has 1 aliphatic heterocycles. The Labute approximate surface area is 183 Å². The molecule has 30 heavy (non-hydrogen) atoms. The summed E-state index contributed by atoms with van der Waals surface area (Å²) in [6, 6.07) is 14.5. The first kappa shape index (κ1) is 20.0. The Bertz CT molecular complexity index is 1210. The zero-order valence-corrected chi connectivity index (χ0v) is 17.8. The van der Waals surface area contributed by atoms with Gasteiger partial charge in [-0.15, -0.1) is 0 Å². The van der Waals surface area contributed by atoms with Crippen LogP contribution in [0, 0.1) is 13.8 Å². The molecule has 2 amide bonds. The lowest BCUT2D eigenvalue weighted by molar-refractivity contribution is -0.122. The molecule has 0 radical (unpaired) electrons. The summed E-state index contributed by atoms with van der Waals surface area (Å²) < 4.78 is 1.79. The first-order chi connectivity index (χ1) is 14.4. The minimum atomic E-state index is -0.543. The predicted octanol–water partition coefficient (Wildman–Crippen LogP) is 3.97. The summed E-state index contributed by atoms with van der Waals surface area (Å²) in [6.07, 6.45) is 3.17. The van der Waals surface area contributed by atoms with E-state index in [1.54, 1.807) is 41.2 Å². The highest BCUT2D eigenvalue weighted by atomic mass is 35.5. The molecule has 1 saturated heterocycles. The van der Waals surface area contributed by atoms with Crippen molar-refractivity contribution < 1.29 is 9.59 Å². The summed E-state index contributed by atoms with van der Waals surface area (Å²) in [6.45, 7) is 3.89. The van der Waals surface area contributed by atoms with E-state index in [-0.39, 0.29) is 10.7 Å². The number of anilines is 1. The maximum Gasteiger partial charge on any atom is 0.270 e. The zero-order valence-electron chi connectivity index (χ0n) is 16.2. The van der Waals surface area contributed by atoms with Crippen molar-refractivity contribution in [3.05, 3.63) is 82.1 Å². The van der Waals surface area contributed by atoms with E-state index in [1.807, 2.05) is 38.1 Å². The van der Waals surface area contributed by atoms with Crippen molar-refractivity contribution in [2.45, 2.75) is 13.8 Å². The number of rotatable bonds is 3. The maximum absolute atomic E-state index is 13.1. The van der Waals surface area contributed by atoms with E-state index in [9.17, 15) is 9.59 Å². The van der Waals surface area contributed by atoms with Gasteiger partial charge in [0.15, 0.2) is 5.11 Å². The highest BCUT2D eigenvalue weighted by Gasteiger charge is 2.34. The first-order valence-corrected chi connectivity index (χ1v) is 9.93. The lowest BCUT2D eigenvalue weighted by atomic mass is 10.1. The zero-order chi connectivity index (χ0) is 21.4. The second-order valence-electron chi connectivity index (χ2n) is 6.82. The van der Waals surface area contributed by atoms with Gasteiger partial charge in [-0.2, -0.15) is 5.10 Å². The summed E-state index contributed by atoms with van der Waals surface area (Å²) in [4.78, 5) is 26.9. The van der Waals surface area contributed by atoms with Gasteiger partial charge in [0.1, 0.15) is 5.57 Å². The molecular formula is C22H17ClN4O2S. The number of hydrogen-bond acceptors (Lipinski definition) is 4. The second kappa shape index (κ2) is 7.85. The molecule has 150 valence electrons. The number of para-hydroxylation sites is 1. The van der Waals surface area contributed by atoms with Gasteiger partial charge in [-0.3, -0.25) is 19.8 Å². The first-order valence-electron chi connectivity index (χ1n) is 9.14. The average molecular weight is 437 g/mol. The van der Waals surface area contributed by atoms with Gasteiger partial charge in [-0.05, 0) is 68.0 Å². The molecule has 1 aromatic heterocycles. The molecular weight excluding hydrogens is 420 g/mol. The molecule has 6 nitrogen and oxygen atoms in total. The largest absolute Gasteiger partial charge is 0.298 e. The maximum atomic E-state index is 13.1. The summed E-state index contributed by atoms with van der Waals surface area (Å²) >= 11 is 11.2. The molecule has 0 saturated carbocycles. The van der Waals surface area contributed by atoms with E-state index in [0.29, 0.717) is 16.3 Å². The molecule has 8 heteroatoms. The molecule has 0 aliphatic carbocycles. The van der Waals surface area contributed by atoms with E-state index >= 15 is 0 Å². The summed E-state index contributed by atoms with van der Waals surface area (Å²) in [5.41, 5.74) is 3.97. The number of thiocarbonyl (C=S) groups is 1. The van der Waals surface area contributed by atoms with Crippen LogP contribution in [0.2, 0.25) is 5.02 Å². The molecule has 1 fully saturated rings. The Morgan fingerprint density at radius 3 is 2.47 bits per heavy atom. The molecule has 4 rings (SSSR count). The lowest BCUT2D eigenvalue weighted by Gasteiger charge is -2.28.